The van der Waals surface area contributed by atoms with Crippen LogP contribution in [-0.4, -0.2) is 14.3 Å². The molecule has 1 fully saturated rings. The Hall–Kier alpha value is -1.91. The van der Waals surface area contributed by atoms with Crippen LogP contribution in [0.3, 0.4) is 0 Å². The summed E-state index contributed by atoms with van der Waals surface area (Å²) in [5, 5.41) is 2.31. The highest BCUT2D eigenvalue weighted by molar-refractivity contribution is 6.97. The maximum absolute atomic E-state index is 12.8. The monoisotopic (exact) mass is 396 g/mol. The van der Waals surface area contributed by atoms with Gasteiger partial charge in [-0.3, -0.25) is 0 Å². The molecule has 2 aromatic carbocycles. The minimum Gasteiger partial charge on any atom is -0.309 e. The minimum atomic E-state index is -2.65. The zero-order valence-corrected chi connectivity index (χ0v) is 18.1. The van der Waals surface area contributed by atoms with Gasteiger partial charge < -0.3 is 4.89 Å². The molecule has 0 spiro atoms. The molecule has 0 aliphatic heterocycles. The number of benzene rings is 2. The predicted octanol–water partition coefficient (Wildman–Crippen LogP) is 4.85. The molecule has 3 rings (SSSR count). The number of carbonyl (C=O) groups excluding carboxylic acids is 1. The number of unbranched alkanes of at least 4 members (excludes halogenated alkanes) is 1. The molecule has 0 N–H and O–H groups in total. The van der Waals surface area contributed by atoms with Crippen molar-refractivity contribution in [3.63, 3.8) is 0 Å². The van der Waals surface area contributed by atoms with E-state index in [9.17, 15) is 4.79 Å². The van der Waals surface area contributed by atoms with E-state index in [0.29, 0.717) is 5.92 Å². The van der Waals surface area contributed by atoms with Crippen molar-refractivity contribution < 1.29 is 14.3 Å². The lowest BCUT2D eigenvalue weighted by molar-refractivity contribution is -0.224. The third-order valence-electron chi connectivity index (χ3n) is 5.98. The normalized spacial score (nSPS) is 19.9. The van der Waals surface area contributed by atoms with Crippen molar-refractivity contribution in [2.24, 2.45) is 11.8 Å². The SMILES string of the molecule is CCCC[Si](OOC(=O)C1CCC(C)CC1)(c1ccccc1)c1ccccc1. The van der Waals surface area contributed by atoms with Crippen LogP contribution in [-0.2, 0) is 14.3 Å². The Morgan fingerprint density at radius 3 is 1.96 bits per heavy atom. The molecular formula is C24H32O3Si. The molecule has 0 aromatic heterocycles. The molecule has 0 unspecified atom stereocenters. The predicted molar refractivity (Wildman–Crippen MR) is 116 cm³/mol. The second-order valence-corrected chi connectivity index (χ2v) is 11.6. The Morgan fingerprint density at radius 1 is 0.929 bits per heavy atom. The van der Waals surface area contributed by atoms with Crippen LogP contribution in [0.2, 0.25) is 6.04 Å². The third-order valence-corrected chi connectivity index (χ3v) is 9.94. The average Bonchev–Trinajstić information content (AvgIpc) is 2.76. The maximum atomic E-state index is 12.8. The summed E-state index contributed by atoms with van der Waals surface area (Å²) in [6.45, 7) is 4.44. The molecule has 4 heteroatoms. The largest absolute Gasteiger partial charge is 0.343 e. The first-order valence-corrected chi connectivity index (χ1v) is 12.8. The average molecular weight is 397 g/mol. The van der Waals surface area contributed by atoms with Crippen molar-refractivity contribution in [3.8, 4) is 0 Å². The molecular weight excluding hydrogens is 364 g/mol. The van der Waals surface area contributed by atoms with Gasteiger partial charge in [-0.05, 0) is 48.0 Å². The second-order valence-electron chi connectivity index (χ2n) is 8.11. The van der Waals surface area contributed by atoms with Crippen LogP contribution in [0.15, 0.2) is 60.7 Å². The first kappa shape index (κ1) is 20.8. The summed E-state index contributed by atoms with van der Waals surface area (Å²) < 4.78 is 6.24. The van der Waals surface area contributed by atoms with Crippen molar-refractivity contribution in [2.45, 2.75) is 58.4 Å². The van der Waals surface area contributed by atoms with Crippen LogP contribution in [0.4, 0.5) is 0 Å². The van der Waals surface area contributed by atoms with E-state index >= 15 is 0 Å². The van der Waals surface area contributed by atoms with Crippen LogP contribution in [0.1, 0.15) is 52.4 Å². The Morgan fingerprint density at radius 2 is 1.46 bits per heavy atom. The highest BCUT2D eigenvalue weighted by Crippen LogP contribution is 2.29. The van der Waals surface area contributed by atoms with E-state index in [1.54, 1.807) is 0 Å². The Balaban J connectivity index is 1.86. The minimum absolute atomic E-state index is 0.0272. The molecule has 0 saturated heterocycles. The molecule has 1 aliphatic rings. The molecule has 0 heterocycles. The molecule has 0 bridgehead atoms. The molecule has 0 amide bonds. The third kappa shape index (κ3) is 4.92. The number of hydrogen-bond donors (Lipinski definition) is 0. The van der Waals surface area contributed by atoms with Gasteiger partial charge in [-0.2, -0.15) is 0 Å². The van der Waals surface area contributed by atoms with Crippen LogP contribution in [0, 0.1) is 11.8 Å². The van der Waals surface area contributed by atoms with Crippen molar-refractivity contribution in [1.82, 2.24) is 0 Å². The van der Waals surface area contributed by atoms with Gasteiger partial charge in [-0.25, -0.2) is 9.37 Å². The van der Waals surface area contributed by atoms with E-state index in [1.807, 2.05) is 36.4 Å². The van der Waals surface area contributed by atoms with Crippen LogP contribution in [0.25, 0.3) is 0 Å². The number of carbonyl (C=O) groups is 1. The van der Waals surface area contributed by atoms with Gasteiger partial charge in [-0.15, -0.1) is 0 Å². The molecule has 1 aliphatic carbocycles. The smallest absolute Gasteiger partial charge is 0.309 e. The number of hydrogen-bond acceptors (Lipinski definition) is 3. The van der Waals surface area contributed by atoms with Gasteiger partial charge >= 0.3 is 14.3 Å². The first-order valence-electron chi connectivity index (χ1n) is 10.7. The van der Waals surface area contributed by atoms with Crippen molar-refractivity contribution in [3.05, 3.63) is 60.7 Å². The van der Waals surface area contributed by atoms with Crippen LogP contribution in [0.5, 0.6) is 0 Å². The lowest BCUT2D eigenvalue weighted by Gasteiger charge is -2.31. The maximum Gasteiger partial charge on any atom is 0.343 e. The lowest BCUT2D eigenvalue weighted by atomic mass is 9.83. The van der Waals surface area contributed by atoms with E-state index < -0.39 is 8.32 Å². The summed E-state index contributed by atoms with van der Waals surface area (Å²) in [5.41, 5.74) is 0. The summed E-state index contributed by atoms with van der Waals surface area (Å²) in [6, 6.07) is 21.6. The summed E-state index contributed by atoms with van der Waals surface area (Å²) in [6.07, 6.45) is 6.11. The Labute approximate surface area is 170 Å². The topological polar surface area (TPSA) is 35.5 Å². The van der Waals surface area contributed by atoms with Crippen molar-refractivity contribution in [2.75, 3.05) is 0 Å². The summed E-state index contributed by atoms with van der Waals surface area (Å²) >= 11 is 0. The van der Waals surface area contributed by atoms with Gasteiger partial charge in [0, 0.05) is 0 Å². The van der Waals surface area contributed by atoms with E-state index in [4.69, 9.17) is 9.46 Å². The fraction of sp³-hybridized carbons (Fsp3) is 0.458. The lowest BCUT2D eigenvalue weighted by Crippen LogP contribution is -2.61. The van der Waals surface area contributed by atoms with E-state index in [1.165, 1.54) is 0 Å². The molecule has 0 atom stereocenters. The van der Waals surface area contributed by atoms with Gasteiger partial charge in [0.15, 0.2) is 0 Å². The van der Waals surface area contributed by atoms with Gasteiger partial charge in [0.25, 0.3) is 0 Å². The first-order chi connectivity index (χ1) is 13.7. The van der Waals surface area contributed by atoms with Gasteiger partial charge in [0.05, 0.1) is 5.92 Å². The van der Waals surface area contributed by atoms with E-state index in [-0.39, 0.29) is 11.9 Å². The molecule has 2 aromatic rings. The van der Waals surface area contributed by atoms with E-state index in [2.05, 4.69) is 38.1 Å². The zero-order chi connectivity index (χ0) is 19.8. The summed E-state index contributed by atoms with van der Waals surface area (Å²) in [7, 11) is -2.65. The quantitative estimate of drug-likeness (QED) is 0.364. The number of rotatable bonds is 8. The second kappa shape index (κ2) is 10.0. The summed E-state index contributed by atoms with van der Waals surface area (Å²) in [5.74, 6) is 0.490. The molecule has 150 valence electrons. The molecule has 3 nitrogen and oxygen atoms in total. The fourth-order valence-electron chi connectivity index (χ4n) is 4.11. The molecule has 0 radical (unpaired) electrons. The molecule has 28 heavy (non-hydrogen) atoms. The van der Waals surface area contributed by atoms with Gasteiger partial charge in [0.1, 0.15) is 0 Å². The zero-order valence-electron chi connectivity index (χ0n) is 17.1. The van der Waals surface area contributed by atoms with E-state index in [0.717, 1.165) is 54.9 Å². The fourth-order valence-corrected chi connectivity index (χ4v) is 7.83. The highest BCUT2D eigenvalue weighted by atomic mass is 28.4. The van der Waals surface area contributed by atoms with Crippen molar-refractivity contribution in [1.29, 1.82) is 0 Å². The standard InChI is InChI=1S/C24H32O3Si/c1-3-4-19-28(22-11-7-5-8-12-22,23-13-9-6-10-14-23)27-26-24(25)21-17-15-20(2)16-18-21/h5-14,20-21H,3-4,15-19H2,1-2H3. The molecule has 1 saturated carbocycles. The Bertz CT molecular complexity index is 685. The van der Waals surface area contributed by atoms with Crippen LogP contribution < -0.4 is 10.4 Å². The summed E-state index contributed by atoms with van der Waals surface area (Å²) in [4.78, 5) is 18.4. The van der Waals surface area contributed by atoms with Gasteiger partial charge in [0.2, 0.25) is 0 Å². The highest BCUT2D eigenvalue weighted by Gasteiger charge is 2.43. The van der Waals surface area contributed by atoms with Gasteiger partial charge in [-0.1, -0.05) is 87.4 Å². The van der Waals surface area contributed by atoms with Crippen LogP contribution >= 0.6 is 0 Å². The van der Waals surface area contributed by atoms with Crippen molar-refractivity contribution >= 4 is 24.7 Å². The Kier molecular flexibility index (Phi) is 7.46.